The molecule has 0 saturated heterocycles. The zero-order valence-electron chi connectivity index (χ0n) is 13.0. The Morgan fingerprint density at radius 3 is 2.90 bits per heavy atom. The van der Waals surface area contributed by atoms with E-state index in [4.69, 9.17) is 0 Å². The molecule has 1 nitrogen and oxygen atoms in total. The average Bonchev–Trinajstić information content (AvgIpc) is 2.79. The summed E-state index contributed by atoms with van der Waals surface area (Å²) in [4.78, 5) is 11.7. The first-order valence-corrected chi connectivity index (χ1v) is 8.82. The monoisotopic (exact) mass is 272 g/mol. The second kappa shape index (κ2) is 4.45. The molecule has 0 unspecified atom stereocenters. The van der Waals surface area contributed by atoms with Gasteiger partial charge in [-0.25, -0.2) is 0 Å². The van der Waals surface area contributed by atoms with Crippen molar-refractivity contribution in [2.24, 2.45) is 35.0 Å². The molecule has 3 fully saturated rings. The first-order chi connectivity index (χ1) is 9.58. The molecule has 0 aromatic carbocycles. The van der Waals surface area contributed by atoms with Crippen molar-refractivity contribution >= 4 is 5.78 Å². The fourth-order valence-corrected chi connectivity index (χ4v) is 6.58. The number of hydrogen-bond acceptors (Lipinski definition) is 1. The number of carbonyl (C=O) groups is 1. The third-order valence-electron chi connectivity index (χ3n) is 7.42. The van der Waals surface area contributed by atoms with Crippen molar-refractivity contribution < 1.29 is 4.79 Å². The van der Waals surface area contributed by atoms with Crippen LogP contribution in [0.15, 0.2) is 11.6 Å². The molecule has 0 amide bonds. The van der Waals surface area contributed by atoms with E-state index in [1.807, 2.05) is 6.08 Å². The van der Waals surface area contributed by atoms with Crippen molar-refractivity contribution in [1.29, 1.82) is 0 Å². The van der Waals surface area contributed by atoms with Crippen LogP contribution in [0.2, 0.25) is 0 Å². The van der Waals surface area contributed by atoms with Gasteiger partial charge in [0.1, 0.15) is 0 Å². The maximum Gasteiger partial charge on any atom is 0.155 e. The summed E-state index contributed by atoms with van der Waals surface area (Å²) in [5.41, 5.74) is 2.18. The van der Waals surface area contributed by atoms with Gasteiger partial charge in [-0.15, -0.1) is 0 Å². The van der Waals surface area contributed by atoms with Gasteiger partial charge < -0.3 is 0 Å². The van der Waals surface area contributed by atoms with Crippen molar-refractivity contribution in [2.45, 2.75) is 65.2 Å². The topological polar surface area (TPSA) is 17.1 Å². The molecular formula is C19H28O. The molecule has 20 heavy (non-hydrogen) atoms. The minimum atomic E-state index is 0.392. The number of ketones is 1. The van der Waals surface area contributed by atoms with Crippen molar-refractivity contribution in [3.05, 3.63) is 11.6 Å². The summed E-state index contributed by atoms with van der Waals surface area (Å²) in [5, 5.41) is 0. The molecule has 0 N–H and O–H groups in total. The Kier molecular flexibility index (Phi) is 2.91. The zero-order valence-corrected chi connectivity index (χ0v) is 13.0. The van der Waals surface area contributed by atoms with E-state index in [-0.39, 0.29) is 0 Å². The summed E-state index contributed by atoms with van der Waals surface area (Å²) in [5.74, 6) is 4.79. The Morgan fingerprint density at radius 2 is 2.05 bits per heavy atom. The molecule has 0 aromatic heterocycles. The first-order valence-electron chi connectivity index (χ1n) is 8.82. The zero-order chi connectivity index (χ0) is 13.9. The summed E-state index contributed by atoms with van der Waals surface area (Å²) < 4.78 is 0. The third kappa shape index (κ3) is 1.77. The second-order valence-electron chi connectivity index (χ2n) is 8.44. The SMILES string of the molecule is C[C@@H]1CC2=CC(=O)CC[C@@H]2[C@H]2CC[C@]3(C)CCC[C@H]3[C@@H]21. The fraction of sp³-hybridized carbons (Fsp3) is 0.842. The highest BCUT2D eigenvalue weighted by Gasteiger charge is 2.54. The highest BCUT2D eigenvalue weighted by molar-refractivity contribution is 5.91. The Balaban J connectivity index is 1.68. The second-order valence-corrected chi connectivity index (χ2v) is 8.44. The lowest BCUT2D eigenvalue weighted by atomic mass is 9.50. The lowest BCUT2D eigenvalue weighted by Crippen LogP contribution is -2.47. The summed E-state index contributed by atoms with van der Waals surface area (Å²) in [6.45, 7) is 5.04. The van der Waals surface area contributed by atoms with Crippen LogP contribution >= 0.6 is 0 Å². The van der Waals surface area contributed by atoms with Crippen LogP contribution in [-0.4, -0.2) is 5.78 Å². The average molecular weight is 272 g/mol. The van der Waals surface area contributed by atoms with Gasteiger partial charge in [0.25, 0.3) is 0 Å². The predicted octanol–water partition coefficient (Wildman–Crippen LogP) is 4.76. The minimum absolute atomic E-state index is 0.392. The number of carbonyl (C=O) groups excluding carboxylic acids is 1. The number of allylic oxidation sites excluding steroid dienone is 1. The Labute approximate surface area is 123 Å². The van der Waals surface area contributed by atoms with E-state index in [1.165, 1.54) is 44.1 Å². The Morgan fingerprint density at radius 1 is 1.20 bits per heavy atom. The standard InChI is InChI=1S/C19H28O/c1-12-10-13-11-14(20)5-6-15(13)16-7-9-19(2)8-3-4-17(19)18(12)16/h11-12,15-18H,3-10H2,1-2H3/t12-,15+,16-,17+,18-,19+/m1/s1. The van der Waals surface area contributed by atoms with E-state index in [9.17, 15) is 4.79 Å². The first kappa shape index (κ1) is 13.1. The largest absolute Gasteiger partial charge is 0.295 e. The lowest BCUT2D eigenvalue weighted by Gasteiger charge is -2.55. The van der Waals surface area contributed by atoms with E-state index < -0.39 is 0 Å². The van der Waals surface area contributed by atoms with Crippen LogP contribution in [0.1, 0.15) is 65.2 Å². The molecule has 3 saturated carbocycles. The molecule has 1 heteroatoms. The summed E-state index contributed by atoms with van der Waals surface area (Å²) >= 11 is 0. The molecular weight excluding hydrogens is 244 g/mol. The predicted molar refractivity (Wildman–Crippen MR) is 81.3 cm³/mol. The van der Waals surface area contributed by atoms with Crippen LogP contribution < -0.4 is 0 Å². The molecule has 4 aliphatic rings. The third-order valence-corrected chi connectivity index (χ3v) is 7.42. The van der Waals surface area contributed by atoms with Gasteiger partial charge in [-0.3, -0.25) is 4.79 Å². The van der Waals surface area contributed by atoms with Crippen molar-refractivity contribution in [3.8, 4) is 0 Å². The van der Waals surface area contributed by atoms with Crippen molar-refractivity contribution in [1.82, 2.24) is 0 Å². The van der Waals surface area contributed by atoms with E-state index in [2.05, 4.69) is 13.8 Å². The van der Waals surface area contributed by atoms with Crippen molar-refractivity contribution in [3.63, 3.8) is 0 Å². The molecule has 0 radical (unpaired) electrons. The van der Waals surface area contributed by atoms with Crippen LogP contribution in [-0.2, 0) is 4.79 Å². The highest BCUT2D eigenvalue weighted by atomic mass is 16.1. The van der Waals surface area contributed by atoms with Gasteiger partial charge in [0.2, 0.25) is 0 Å². The van der Waals surface area contributed by atoms with Crippen LogP contribution in [0, 0.1) is 35.0 Å². The van der Waals surface area contributed by atoms with Gasteiger partial charge in [0, 0.05) is 6.42 Å². The van der Waals surface area contributed by atoms with Crippen LogP contribution in [0.3, 0.4) is 0 Å². The molecule has 6 atom stereocenters. The quantitative estimate of drug-likeness (QED) is 0.621. The van der Waals surface area contributed by atoms with Gasteiger partial charge in [-0.2, -0.15) is 0 Å². The van der Waals surface area contributed by atoms with Gasteiger partial charge in [0.05, 0.1) is 0 Å². The van der Waals surface area contributed by atoms with Crippen LogP contribution in [0.25, 0.3) is 0 Å². The molecule has 4 aliphatic carbocycles. The fourth-order valence-electron chi connectivity index (χ4n) is 6.58. The Bertz CT molecular complexity index is 462. The summed E-state index contributed by atoms with van der Waals surface area (Å²) in [7, 11) is 0. The van der Waals surface area contributed by atoms with Crippen LogP contribution in [0.5, 0.6) is 0 Å². The molecule has 0 heterocycles. The summed E-state index contributed by atoms with van der Waals surface area (Å²) in [6.07, 6.45) is 12.5. The van der Waals surface area contributed by atoms with Crippen LogP contribution in [0.4, 0.5) is 0 Å². The van der Waals surface area contributed by atoms with E-state index in [0.29, 0.717) is 11.2 Å². The molecule has 0 bridgehead atoms. The normalized spacial score (nSPS) is 51.0. The smallest absolute Gasteiger partial charge is 0.155 e. The van der Waals surface area contributed by atoms with Gasteiger partial charge in [0.15, 0.2) is 5.78 Å². The molecule has 110 valence electrons. The Hall–Kier alpha value is -0.590. The van der Waals surface area contributed by atoms with Gasteiger partial charge in [-0.1, -0.05) is 25.8 Å². The maximum atomic E-state index is 11.7. The molecule has 0 spiro atoms. The van der Waals surface area contributed by atoms with Gasteiger partial charge >= 0.3 is 0 Å². The summed E-state index contributed by atoms with van der Waals surface area (Å²) in [6, 6.07) is 0. The molecule has 4 rings (SSSR count). The lowest BCUT2D eigenvalue weighted by molar-refractivity contribution is -0.116. The molecule has 0 aliphatic heterocycles. The maximum absolute atomic E-state index is 11.7. The molecule has 0 aromatic rings. The number of rotatable bonds is 0. The van der Waals surface area contributed by atoms with E-state index in [0.717, 1.165) is 42.4 Å². The van der Waals surface area contributed by atoms with Crippen molar-refractivity contribution in [2.75, 3.05) is 0 Å². The minimum Gasteiger partial charge on any atom is -0.295 e. The number of fused-ring (bicyclic) bond motifs is 5. The highest BCUT2D eigenvalue weighted by Crippen LogP contribution is 2.62. The van der Waals surface area contributed by atoms with Gasteiger partial charge in [-0.05, 0) is 79.6 Å². The van der Waals surface area contributed by atoms with E-state index in [1.54, 1.807) is 0 Å². The number of hydrogen-bond donors (Lipinski definition) is 0. The van der Waals surface area contributed by atoms with E-state index >= 15 is 0 Å².